The minimum absolute atomic E-state index is 0.631. The highest BCUT2D eigenvalue weighted by atomic mass is 79.9. The molecule has 0 fully saturated rings. The van der Waals surface area contributed by atoms with Crippen molar-refractivity contribution in [3.05, 3.63) is 44.4 Å². The normalized spacial score (nSPS) is 10.2. The second kappa shape index (κ2) is 5.91. The van der Waals surface area contributed by atoms with Crippen LogP contribution in [0.15, 0.2) is 39.4 Å². The average Bonchev–Trinajstić information content (AvgIpc) is 2.33. The van der Waals surface area contributed by atoms with Crippen LogP contribution in [0.25, 0.3) is 0 Å². The standard InChI is InChI=1S/C12H9Br2ClN2O/c1-18-11-3-2-8(15)5-10(11)17-12-9(14)4-7(13)6-16-12/h2-6H,1H3,(H,16,17). The van der Waals surface area contributed by atoms with Crippen LogP contribution in [0.2, 0.25) is 5.02 Å². The number of aromatic nitrogens is 1. The molecule has 0 saturated heterocycles. The third-order valence-corrected chi connectivity index (χ3v) is 3.50. The lowest BCUT2D eigenvalue weighted by Crippen LogP contribution is -1.97. The Labute approximate surface area is 127 Å². The summed E-state index contributed by atoms with van der Waals surface area (Å²) in [5.74, 6) is 1.40. The summed E-state index contributed by atoms with van der Waals surface area (Å²) in [4.78, 5) is 4.27. The Balaban J connectivity index is 2.36. The number of methoxy groups -OCH3 is 1. The molecule has 0 amide bonds. The molecule has 0 bridgehead atoms. The third-order valence-electron chi connectivity index (χ3n) is 2.22. The van der Waals surface area contributed by atoms with Gasteiger partial charge in [-0.25, -0.2) is 4.98 Å². The number of nitrogens with zero attached hydrogens (tertiary/aromatic N) is 1. The number of nitrogens with one attached hydrogen (secondary N) is 1. The van der Waals surface area contributed by atoms with Crippen LogP contribution in [0.4, 0.5) is 11.5 Å². The fraction of sp³-hybridized carbons (Fsp3) is 0.0833. The number of halogens is 3. The maximum absolute atomic E-state index is 5.97. The molecule has 1 aromatic heterocycles. The molecule has 0 saturated carbocycles. The van der Waals surface area contributed by atoms with E-state index in [1.807, 2.05) is 6.07 Å². The van der Waals surface area contributed by atoms with Crippen molar-refractivity contribution in [2.45, 2.75) is 0 Å². The minimum atomic E-state index is 0.631. The van der Waals surface area contributed by atoms with E-state index < -0.39 is 0 Å². The van der Waals surface area contributed by atoms with Crippen molar-refractivity contribution in [3.8, 4) is 5.75 Å². The lowest BCUT2D eigenvalue weighted by atomic mass is 10.3. The van der Waals surface area contributed by atoms with Gasteiger partial charge in [0.05, 0.1) is 17.3 Å². The molecule has 94 valence electrons. The van der Waals surface area contributed by atoms with Gasteiger partial charge in [0.25, 0.3) is 0 Å². The van der Waals surface area contributed by atoms with Gasteiger partial charge in [-0.1, -0.05) is 11.6 Å². The van der Waals surface area contributed by atoms with Crippen LogP contribution >= 0.6 is 43.5 Å². The molecule has 0 aliphatic heterocycles. The largest absolute Gasteiger partial charge is 0.495 e. The van der Waals surface area contributed by atoms with Gasteiger partial charge in [-0.05, 0) is 56.1 Å². The van der Waals surface area contributed by atoms with Crippen LogP contribution < -0.4 is 10.1 Å². The van der Waals surface area contributed by atoms with E-state index in [0.717, 1.165) is 14.6 Å². The number of benzene rings is 1. The van der Waals surface area contributed by atoms with E-state index in [9.17, 15) is 0 Å². The molecule has 0 aliphatic rings. The second-order valence-corrected chi connectivity index (χ2v) is 5.66. The van der Waals surface area contributed by atoms with Gasteiger partial charge in [-0.15, -0.1) is 0 Å². The van der Waals surface area contributed by atoms with E-state index >= 15 is 0 Å². The van der Waals surface area contributed by atoms with Crippen LogP contribution in [0.3, 0.4) is 0 Å². The Kier molecular flexibility index (Phi) is 4.48. The van der Waals surface area contributed by atoms with Crippen molar-refractivity contribution in [1.29, 1.82) is 0 Å². The van der Waals surface area contributed by atoms with E-state index in [1.54, 1.807) is 31.5 Å². The van der Waals surface area contributed by atoms with E-state index in [1.165, 1.54) is 0 Å². The van der Waals surface area contributed by atoms with Crippen molar-refractivity contribution in [2.24, 2.45) is 0 Å². The monoisotopic (exact) mass is 390 g/mol. The van der Waals surface area contributed by atoms with Crippen LogP contribution in [0.1, 0.15) is 0 Å². The molecule has 2 rings (SSSR count). The smallest absolute Gasteiger partial charge is 0.144 e. The highest BCUT2D eigenvalue weighted by Crippen LogP contribution is 2.32. The van der Waals surface area contributed by atoms with Crippen molar-refractivity contribution in [2.75, 3.05) is 12.4 Å². The minimum Gasteiger partial charge on any atom is -0.495 e. The number of hydrogen-bond donors (Lipinski definition) is 1. The van der Waals surface area contributed by atoms with Gasteiger partial charge in [0.15, 0.2) is 0 Å². The van der Waals surface area contributed by atoms with E-state index in [-0.39, 0.29) is 0 Å². The van der Waals surface area contributed by atoms with Crippen LogP contribution in [-0.4, -0.2) is 12.1 Å². The molecule has 1 heterocycles. The Morgan fingerprint density at radius 1 is 1.28 bits per heavy atom. The van der Waals surface area contributed by atoms with Crippen LogP contribution in [-0.2, 0) is 0 Å². The molecule has 3 nitrogen and oxygen atoms in total. The molecule has 0 spiro atoms. The number of anilines is 2. The maximum atomic E-state index is 5.97. The summed E-state index contributed by atoms with van der Waals surface area (Å²) in [6.45, 7) is 0. The summed E-state index contributed by atoms with van der Waals surface area (Å²) >= 11 is 12.8. The number of hydrogen-bond acceptors (Lipinski definition) is 3. The van der Waals surface area contributed by atoms with Crippen LogP contribution in [0.5, 0.6) is 5.75 Å². The fourth-order valence-corrected chi connectivity index (χ4v) is 2.67. The molecule has 1 aromatic carbocycles. The molecular formula is C12H9Br2ClN2O. The molecule has 0 aliphatic carbocycles. The molecule has 6 heteroatoms. The van der Waals surface area contributed by atoms with Crippen molar-refractivity contribution >= 4 is 55.0 Å². The summed E-state index contributed by atoms with van der Waals surface area (Å²) < 4.78 is 7.01. The van der Waals surface area contributed by atoms with Gasteiger partial charge < -0.3 is 10.1 Å². The zero-order valence-electron chi connectivity index (χ0n) is 9.38. The van der Waals surface area contributed by atoms with E-state index in [0.29, 0.717) is 16.6 Å². The van der Waals surface area contributed by atoms with Crippen molar-refractivity contribution < 1.29 is 4.74 Å². The Morgan fingerprint density at radius 2 is 2.06 bits per heavy atom. The predicted molar refractivity (Wildman–Crippen MR) is 80.9 cm³/mol. The first-order chi connectivity index (χ1) is 8.60. The topological polar surface area (TPSA) is 34.1 Å². The number of pyridine rings is 1. The molecule has 0 unspecified atom stereocenters. The Morgan fingerprint density at radius 3 is 2.72 bits per heavy atom. The van der Waals surface area contributed by atoms with E-state index in [2.05, 4.69) is 42.2 Å². The van der Waals surface area contributed by atoms with Gasteiger partial charge >= 0.3 is 0 Å². The SMILES string of the molecule is COc1ccc(Cl)cc1Nc1ncc(Br)cc1Br. The third kappa shape index (κ3) is 3.16. The lowest BCUT2D eigenvalue weighted by Gasteiger charge is -2.12. The van der Waals surface area contributed by atoms with Gasteiger partial charge in [-0.3, -0.25) is 0 Å². The van der Waals surface area contributed by atoms with Gasteiger partial charge in [-0.2, -0.15) is 0 Å². The lowest BCUT2D eigenvalue weighted by molar-refractivity contribution is 0.417. The molecule has 2 aromatic rings. The molecule has 0 radical (unpaired) electrons. The molecular weight excluding hydrogens is 383 g/mol. The van der Waals surface area contributed by atoms with Gasteiger partial charge in [0, 0.05) is 15.7 Å². The number of ether oxygens (including phenoxy) is 1. The summed E-state index contributed by atoms with van der Waals surface area (Å²) in [6.07, 6.45) is 1.71. The molecule has 0 atom stereocenters. The van der Waals surface area contributed by atoms with Crippen molar-refractivity contribution in [3.63, 3.8) is 0 Å². The predicted octanol–water partition coefficient (Wildman–Crippen LogP) is 5.01. The van der Waals surface area contributed by atoms with Gasteiger partial charge in [0.2, 0.25) is 0 Å². The first-order valence-corrected chi connectivity index (χ1v) is 6.98. The van der Waals surface area contributed by atoms with Crippen molar-refractivity contribution in [1.82, 2.24) is 4.98 Å². The van der Waals surface area contributed by atoms with E-state index in [4.69, 9.17) is 16.3 Å². The average molecular weight is 392 g/mol. The summed E-state index contributed by atoms with van der Waals surface area (Å²) in [5.41, 5.74) is 0.764. The molecule has 1 N–H and O–H groups in total. The zero-order chi connectivity index (χ0) is 13.1. The molecule has 18 heavy (non-hydrogen) atoms. The fourth-order valence-electron chi connectivity index (χ4n) is 1.41. The summed E-state index contributed by atoms with van der Waals surface area (Å²) in [5, 5.41) is 3.80. The van der Waals surface area contributed by atoms with Gasteiger partial charge in [0.1, 0.15) is 11.6 Å². The first kappa shape index (κ1) is 13.6. The number of rotatable bonds is 3. The quantitative estimate of drug-likeness (QED) is 0.797. The highest BCUT2D eigenvalue weighted by molar-refractivity contribution is 9.11. The van der Waals surface area contributed by atoms with Crippen LogP contribution in [0, 0.1) is 0 Å². The second-order valence-electron chi connectivity index (χ2n) is 3.45. The summed E-state index contributed by atoms with van der Waals surface area (Å²) in [6, 6.07) is 7.27. The Hall–Kier alpha value is -0.780. The first-order valence-electron chi connectivity index (χ1n) is 5.02. The Bertz CT molecular complexity index is 578. The zero-order valence-corrected chi connectivity index (χ0v) is 13.3. The highest BCUT2D eigenvalue weighted by Gasteiger charge is 2.07. The maximum Gasteiger partial charge on any atom is 0.144 e. The summed E-state index contributed by atoms with van der Waals surface area (Å²) in [7, 11) is 1.61.